The Balaban J connectivity index is 5.12. The van der Waals surface area contributed by atoms with Crippen molar-refractivity contribution in [1.29, 1.82) is 0 Å². The minimum absolute atomic E-state index is 0.107. The summed E-state index contributed by atoms with van der Waals surface area (Å²) < 4.78 is 160. The Kier molecular flexibility index (Phi) is 11.1. The van der Waals surface area contributed by atoms with Gasteiger partial charge in [-0.25, -0.2) is 8.42 Å². The molecule has 0 saturated heterocycles. The molecule has 0 aromatic carbocycles. The van der Waals surface area contributed by atoms with Crippen molar-refractivity contribution >= 4 is 18.8 Å². The van der Waals surface area contributed by atoms with Crippen LogP contribution in [0.2, 0.25) is 6.04 Å². The summed E-state index contributed by atoms with van der Waals surface area (Å²) in [5.41, 5.74) is 0. The predicted octanol–water partition coefficient (Wildman–Crippen LogP) is 2.32. The van der Waals surface area contributed by atoms with E-state index in [1.807, 2.05) is 0 Å². The zero-order chi connectivity index (χ0) is 26.5. The summed E-state index contributed by atoms with van der Waals surface area (Å²) in [5.74, 6) is -14.7. The number of halogens is 9. The van der Waals surface area contributed by atoms with Crippen LogP contribution in [-0.2, 0) is 28.0 Å². The number of alkyl halides is 9. The average Bonchev–Trinajstić information content (AvgIpc) is 2.69. The van der Waals surface area contributed by atoms with Crippen molar-refractivity contribution in [3.8, 4) is 0 Å². The van der Waals surface area contributed by atoms with Gasteiger partial charge < -0.3 is 23.1 Å². The van der Waals surface area contributed by atoms with Gasteiger partial charge >= 0.3 is 32.1 Å². The smallest absolute Gasteiger partial charge is 0.389 e. The maximum absolute atomic E-state index is 13.8. The molecule has 0 spiro atoms. The minimum atomic E-state index is -7.37. The van der Waals surface area contributed by atoms with Gasteiger partial charge in [0.15, 0.2) is 0 Å². The van der Waals surface area contributed by atoms with E-state index < -0.39 is 65.7 Å². The van der Waals surface area contributed by atoms with Crippen LogP contribution < -0.4 is 0 Å². The molecule has 0 amide bonds. The Bertz CT molecular complexity index is 712. The van der Waals surface area contributed by atoms with E-state index in [1.165, 1.54) is 21.3 Å². The van der Waals surface area contributed by atoms with Gasteiger partial charge in [0.05, 0.1) is 12.7 Å². The van der Waals surface area contributed by atoms with Crippen LogP contribution in [0.1, 0.15) is 6.42 Å². The van der Waals surface area contributed by atoms with Crippen molar-refractivity contribution in [2.45, 2.75) is 41.8 Å². The molecule has 0 aliphatic carbocycles. The Hall–Kier alpha value is -0.703. The predicted molar refractivity (Wildman–Crippen MR) is 95.5 cm³/mol. The lowest BCUT2D eigenvalue weighted by molar-refractivity contribution is -0.382. The van der Waals surface area contributed by atoms with Gasteiger partial charge in [-0.05, 0) is 6.42 Å². The van der Waals surface area contributed by atoms with Gasteiger partial charge in [-0.3, -0.25) is 0 Å². The van der Waals surface area contributed by atoms with Gasteiger partial charge in [0.25, 0.3) is 10.0 Å². The van der Waals surface area contributed by atoms with Crippen molar-refractivity contribution < 1.29 is 71.1 Å². The molecule has 200 valence electrons. The fourth-order valence-electron chi connectivity index (χ4n) is 2.33. The molecule has 0 aromatic rings. The number of hydrogen-bond donors (Lipinski definition) is 1. The molecule has 0 bridgehead atoms. The zero-order valence-corrected chi connectivity index (χ0v) is 19.6. The van der Waals surface area contributed by atoms with E-state index in [9.17, 15) is 53.0 Å². The highest BCUT2D eigenvalue weighted by Gasteiger charge is 2.85. The first-order chi connectivity index (χ1) is 14.7. The number of likely N-dealkylation sites (N-methyl/N-ethyl adjacent to an activating group) is 1. The molecule has 0 heterocycles. The van der Waals surface area contributed by atoms with Crippen LogP contribution in [0.4, 0.5) is 39.5 Å². The number of sulfonamides is 1. The second-order valence-corrected chi connectivity index (χ2v) is 11.8. The molecule has 0 radical (unpaired) electrons. The lowest BCUT2D eigenvalue weighted by Gasteiger charge is -2.35. The lowest BCUT2D eigenvalue weighted by atomic mass is 10.1. The van der Waals surface area contributed by atoms with Crippen LogP contribution in [-0.4, -0.2) is 104 Å². The summed E-state index contributed by atoms with van der Waals surface area (Å²) in [5, 5.41) is 2.81. The topological polar surface area (TPSA) is 94.5 Å². The summed E-state index contributed by atoms with van der Waals surface area (Å²) in [6.45, 7) is -2.20. The van der Waals surface area contributed by atoms with Crippen LogP contribution in [0.5, 0.6) is 0 Å². The summed E-state index contributed by atoms with van der Waals surface area (Å²) in [4.78, 5) is 0. The first-order valence-corrected chi connectivity index (χ1v) is 12.1. The Morgan fingerprint density at radius 1 is 0.909 bits per heavy atom. The Morgan fingerprint density at radius 2 is 1.36 bits per heavy atom. The van der Waals surface area contributed by atoms with Crippen LogP contribution in [0.25, 0.3) is 0 Å². The Morgan fingerprint density at radius 3 is 1.76 bits per heavy atom. The number of aliphatic hydroxyl groups excluding tert-OH is 1. The summed E-state index contributed by atoms with van der Waals surface area (Å²) in [6, 6.07) is 0.246. The largest absolute Gasteiger partial charge is 0.500 e. The van der Waals surface area contributed by atoms with Crippen molar-refractivity contribution in [3.05, 3.63) is 0 Å². The fraction of sp³-hybridized carbons (Fsp3) is 1.00. The van der Waals surface area contributed by atoms with E-state index >= 15 is 0 Å². The quantitative estimate of drug-likeness (QED) is 0.190. The third-order valence-corrected chi connectivity index (χ3v) is 9.04. The molecule has 0 aromatic heterocycles. The molecule has 0 aliphatic rings. The van der Waals surface area contributed by atoms with E-state index in [0.29, 0.717) is 0 Å². The monoisotopic (exact) mass is 549 g/mol. The number of hydrogen-bond acceptors (Lipinski definition) is 7. The van der Waals surface area contributed by atoms with Gasteiger partial charge in [-0.1, -0.05) is 0 Å². The minimum Gasteiger partial charge on any atom is -0.389 e. The zero-order valence-electron chi connectivity index (χ0n) is 17.8. The van der Waals surface area contributed by atoms with Crippen molar-refractivity contribution in [1.82, 2.24) is 4.31 Å². The third-order valence-electron chi connectivity index (χ3n) is 4.33. The summed E-state index contributed by atoms with van der Waals surface area (Å²) >= 11 is 0. The molecule has 0 saturated carbocycles. The van der Waals surface area contributed by atoms with Crippen molar-refractivity contribution in [2.75, 3.05) is 48.1 Å². The number of nitrogens with zero attached hydrogens (tertiary/aromatic N) is 1. The first kappa shape index (κ1) is 32.3. The molecule has 0 fully saturated rings. The number of aliphatic hydroxyl groups is 1. The van der Waals surface area contributed by atoms with Crippen LogP contribution in [0.15, 0.2) is 0 Å². The molecule has 0 aliphatic heterocycles. The van der Waals surface area contributed by atoms with E-state index in [0.717, 1.165) is 0 Å². The van der Waals surface area contributed by atoms with Crippen LogP contribution >= 0.6 is 0 Å². The first-order valence-electron chi connectivity index (χ1n) is 8.78. The highest BCUT2D eigenvalue weighted by Crippen LogP contribution is 2.55. The molecule has 1 unspecified atom stereocenters. The van der Waals surface area contributed by atoms with Gasteiger partial charge in [-0.15, -0.1) is 0 Å². The van der Waals surface area contributed by atoms with Crippen molar-refractivity contribution in [3.63, 3.8) is 0 Å². The Labute approximate surface area is 184 Å². The molecule has 1 atom stereocenters. The second kappa shape index (κ2) is 11.4. The number of ether oxygens (including phenoxy) is 1. The molecule has 1 N–H and O–H groups in total. The van der Waals surface area contributed by atoms with E-state index in [4.69, 9.17) is 18.0 Å². The second-order valence-electron chi connectivity index (χ2n) is 6.58. The highest BCUT2D eigenvalue weighted by atomic mass is 32.2. The molecular formula is C14H24F9NO7SSi. The highest BCUT2D eigenvalue weighted by molar-refractivity contribution is 7.90. The molecule has 33 heavy (non-hydrogen) atoms. The molecular weight excluding hydrogens is 525 g/mol. The lowest BCUT2D eigenvalue weighted by Crippen LogP contribution is -2.65. The molecule has 8 nitrogen and oxygen atoms in total. The van der Waals surface area contributed by atoms with E-state index in [1.54, 1.807) is 0 Å². The molecule has 19 heteroatoms. The van der Waals surface area contributed by atoms with Crippen molar-refractivity contribution in [2.24, 2.45) is 0 Å². The summed E-state index contributed by atoms with van der Waals surface area (Å²) in [7, 11) is -5.53. The van der Waals surface area contributed by atoms with Gasteiger partial charge in [0.1, 0.15) is 0 Å². The average molecular weight is 549 g/mol. The van der Waals surface area contributed by atoms with Gasteiger partial charge in [0.2, 0.25) is 0 Å². The fourth-order valence-corrected chi connectivity index (χ4v) is 5.23. The maximum Gasteiger partial charge on any atom is 0.500 e. The maximum atomic E-state index is 13.8. The SMILES string of the molecule is CO[Si](CCCOCC(O)CN(C)S(=O)(=O)C(F)(F)C(F)(F)C(F)(F)C(F)(F)F)(OC)OC. The van der Waals surface area contributed by atoms with Gasteiger partial charge in [0, 0.05) is 47.6 Å². The van der Waals surface area contributed by atoms with Crippen LogP contribution in [0.3, 0.4) is 0 Å². The normalized spacial score (nSPS) is 15.8. The molecule has 0 rings (SSSR count). The third kappa shape index (κ3) is 6.70. The van der Waals surface area contributed by atoms with Crippen LogP contribution in [0, 0.1) is 0 Å². The number of rotatable bonds is 15. The van der Waals surface area contributed by atoms with E-state index in [2.05, 4.69) is 0 Å². The van der Waals surface area contributed by atoms with Gasteiger partial charge in [-0.2, -0.15) is 43.8 Å². The summed E-state index contributed by atoms with van der Waals surface area (Å²) in [6.07, 6.45) is -8.86. The standard InChI is InChI=1S/C14H24F9NO7SSi/c1-24(8-10(25)9-31-6-5-7-33(28-2,29-3)30-4)32(26,27)14(22,23)12(17,18)11(15,16)13(19,20)21/h10,25H,5-9H2,1-4H3. The van der Waals surface area contributed by atoms with E-state index in [-0.39, 0.29) is 26.1 Å².